The molecule has 2 aliphatic heterocycles. The van der Waals surface area contributed by atoms with E-state index in [-0.39, 0.29) is 11.4 Å². The Morgan fingerprint density at radius 3 is 2.68 bits per heavy atom. The average molecular weight is 375 g/mol. The third kappa shape index (κ3) is 3.16. The first-order valence-corrected chi connectivity index (χ1v) is 9.78. The molecule has 3 aromatic rings. The van der Waals surface area contributed by atoms with Gasteiger partial charge in [-0.25, -0.2) is 4.39 Å². The van der Waals surface area contributed by atoms with Crippen molar-refractivity contribution >= 4 is 0 Å². The van der Waals surface area contributed by atoms with Crippen molar-refractivity contribution in [1.82, 2.24) is 14.5 Å². The Kier molecular flexibility index (Phi) is 4.32. The molecule has 1 aromatic carbocycles. The van der Waals surface area contributed by atoms with Crippen molar-refractivity contribution < 1.29 is 4.39 Å². The quantitative estimate of drug-likeness (QED) is 0.701. The van der Waals surface area contributed by atoms with Crippen LogP contribution >= 0.6 is 0 Å². The number of pyridine rings is 2. The molecule has 0 spiro atoms. The van der Waals surface area contributed by atoms with E-state index in [1.165, 1.54) is 12.1 Å². The topological polar surface area (TPSA) is 38.1 Å². The molecule has 2 atom stereocenters. The highest BCUT2D eigenvalue weighted by atomic mass is 19.1. The Hall–Kier alpha value is -2.79. The van der Waals surface area contributed by atoms with E-state index in [1.54, 1.807) is 12.3 Å². The highest BCUT2D eigenvalue weighted by Crippen LogP contribution is 2.40. The lowest BCUT2D eigenvalue weighted by atomic mass is 9.80. The molecule has 0 amide bonds. The lowest BCUT2D eigenvalue weighted by molar-refractivity contribution is 0.114. The van der Waals surface area contributed by atoms with Crippen LogP contribution in [0.5, 0.6) is 0 Å². The van der Waals surface area contributed by atoms with Gasteiger partial charge in [-0.3, -0.25) is 14.7 Å². The fourth-order valence-electron chi connectivity index (χ4n) is 4.86. The molecule has 4 heterocycles. The molecule has 0 radical (unpaired) electrons. The first-order chi connectivity index (χ1) is 13.7. The van der Waals surface area contributed by atoms with Crippen molar-refractivity contribution in [2.24, 2.45) is 5.92 Å². The summed E-state index contributed by atoms with van der Waals surface area (Å²) in [5.74, 6) is 0.583. The molecular formula is C23H22FN3O. The maximum Gasteiger partial charge on any atom is 0.250 e. The fourth-order valence-corrected chi connectivity index (χ4v) is 4.86. The highest BCUT2D eigenvalue weighted by Gasteiger charge is 2.36. The van der Waals surface area contributed by atoms with E-state index in [0.717, 1.165) is 55.0 Å². The van der Waals surface area contributed by atoms with Gasteiger partial charge in [0, 0.05) is 67.4 Å². The van der Waals surface area contributed by atoms with Crippen LogP contribution in [0.25, 0.3) is 11.1 Å². The second-order valence-electron chi connectivity index (χ2n) is 7.94. The van der Waals surface area contributed by atoms with Crippen LogP contribution in [-0.4, -0.2) is 27.5 Å². The van der Waals surface area contributed by atoms with Gasteiger partial charge in [0.25, 0.3) is 5.56 Å². The number of halogens is 1. The van der Waals surface area contributed by atoms with Gasteiger partial charge < -0.3 is 4.57 Å². The molecule has 5 heteroatoms. The minimum absolute atomic E-state index is 0.0873. The summed E-state index contributed by atoms with van der Waals surface area (Å²) in [6.07, 6.45) is 4.74. The standard InChI is InChI=1S/C23H22FN3O/c24-20-5-3-16(4-6-20)12-26-13-17-10-19(15-26)23-21(18-2-1-9-25-11-18)7-8-22(28)27(23)14-17/h1-9,11,17,19H,10,12-15H2/t17-,19+/m0/s1. The number of fused-ring (bicyclic) bond motifs is 4. The van der Waals surface area contributed by atoms with E-state index >= 15 is 0 Å². The lowest BCUT2D eigenvalue weighted by Crippen LogP contribution is -2.47. The van der Waals surface area contributed by atoms with Crippen LogP contribution in [0.1, 0.15) is 23.6 Å². The normalized spacial score (nSPS) is 21.3. The summed E-state index contributed by atoms with van der Waals surface area (Å²) in [5.41, 5.74) is 4.52. The second kappa shape index (κ2) is 6.99. The van der Waals surface area contributed by atoms with Gasteiger partial charge >= 0.3 is 0 Å². The number of rotatable bonds is 3. The van der Waals surface area contributed by atoms with E-state index < -0.39 is 0 Å². The third-order valence-corrected chi connectivity index (χ3v) is 5.96. The van der Waals surface area contributed by atoms with Crippen molar-refractivity contribution in [2.75, 3.05) is 13.1 Å². The zero-order valence-electron chi connectivity index (χ0n) is 15.6. The Morgan fingerprint density at radius 1 is 1.04 bits per heavy atom. The van der Waals surface area contributed by atoms with E-state index in [0.29, 0.717) is 11.8 Å². The monoisotopic (exact) mass is 375 g/mol. The maximum absolute atomic E-state index is 13.2. The molecule has 5 rings (SSSR count). The molecule has 4 nitrogen and oxygen atoms in total. The van der Waals surface area contributed by atoms with Gasteiger partial charge in [-0.05, 0) is 42.2 Å². The van der Waals surface area contributed by atoms with E-state index in [2.05, 4.69) is 16.0 Å². The van der Waals surface area contributed by atoms with Gasteiger partial charge in [-0.2, -0.15) is 0 Å². The minimum atomic E-state index is -0.200. The van der Waals surface area contributed by atoms with Gasteiger partial charge in [0.1, 0.15) is 5.82 Å². The molecule has 0 N–H and O–H groups in total. The highest BCUT2D eigenvalue weighted by molar-refractivity contribution is 5.66. The summed E-state index contributed by atoms with van der Waals surface area (Å²) in [4.78, 5) is 19.3. The fraction of sp³-hybridized carbons (Fsp3) is 0.304. The van der Waals surface area contributed by atoms with Gasteiger partial charge in [0.2, 0.25) is 0 Å². The minimum Gasteiger partial charge on any atom is -0.311 e. The summed E-state index contributed by atoms with van der Waals surface area (Å²) in [7, 11) is 0. The van der Waals surface area contributed by atoms with Crippen LogP contribution in [-0.2, 0) is 13.1 Å². The maximum atomic E-state index is 13.2. The van der Waals surface area contributed by atoms with Crippen LogP contribution in [0.3, 0.4) is 0 Å². The Balaban J connectivity index is 1.49. The van der Waals surface area contributed by atoms with Crippen molar-refractivity contribution in [3.8, 4) is 11.1 Å². The number of hydrogen-bond acceptors (Lipinski definition) is 3. The summed E-state index contributed by atoms with van der Waals surface area (Å²) in [5, 5.41) is 0. The van der Waals surface area contributed by atoms with E-state index in [4.69, 9.17) is 0 Å². The number of benzene rings is 1. The summed E-state index contributed by atoms with van der Waals surface area (Å²) in [6, 6.07) is 14.4. The number of piperidine rings is 1. The number of nitrogens with zero attached hydrogens (tertiary/aromatic N) is 3. The largest absolute Gasteiger partial charge is 0.311 e. The molecule has 2 aromatic heterocycles. The van der Waals surface area contributed by atoms with Crippen molar-refractivity contribution in [3.63, 3.8) is 0 Å². The van der Waals surface area contributed by atoms with Crippen LogP contribution in [0.2, 0.25) is 0 Å². The van der Waals surface area contributed by atoms with Crippen molar-refractivity contribution in [3.05, 3.63) is 88.4 Å². The van der Waals surface area contributed by atoms with Crippen molar-refractivity contribution in [2.45, 2.75) is 25.4 Å². The second-order valence-corrected chi connectivity index (χ2v) is 7.94. The number of likely N-dealkylation sites (tertiary alicyclic amines) is 1. The van der Waals surface area contributed by atoms with Gasteiger partial charge in [0.15, 0.2) is 0 Å². The molecule has 2 bridgehead atoms. The van der Waals surface area contributed by atoms with E-state index in [9.17, 15) is 9.18 Å². The lowest BCUT2D eigenvalue weighted by Gasteiger charge is -2.43. The van der Waals surface area contributed by atoms with Crippen LogP contribution in [0, 0.1) is 11.7 Å². The Bertz CT molecular complexity index is 1050. The predicted octanol–water partition coefficient (Wildman–Crippen LogP) is 3.67. The van der Waals surface area contributed by atoms with Crippen LogP contribution in [0.15, 0.2) is 65.7 Å². The molecule has 1 saturated heterocycles. The molecule has 1 fully saturated rings. The SMILES string of the molecule is O=c1ccc(-c2cccnc2)c2n1C[C@H]1C[C@@H]2CN(Cc2ccc(F)cc2)C1. The number of aromatic nitrogens is 2. The third-order valence-electron chi connectivity index (χ3n) is 5.96. The average Bonchev–Trinajstić information content (AvgIpc) is 2.71. The Morgan fingerprint density at radius 2 is 1.89 bits per heavy atom. The molecule has 0 unspecified atom stereocenters. The van der Waals surface area contributed by atoms with Crippen molar-refractivity contribution in [1.29, 1.82) is 0 Å². The van der Waals surface area contributed by atoms with Crippen LogP contribution < -0.4 is 5.56 Å². The molecular weight excluding hydrogens is 353 g/mol. The summed E-state index contributed by atoms with van der Waals surface area (Å²) >= 11 is 0. The predicted molar refractivity (Wildman–Crippen MR) is 106 cm³/mol. The molecule has 0 saturated carbocycles. The number of hydrogen-bond donors (Lipinski definition) is 0. The van der Waals surface area contributed by atoms with Gasteiger partial charge in [0.05, 0.1) is 0 Å². The van der Waals surface area contributed by atoms with Crippen LogP contribution in [0.4, 0.5) is 4.39 Å². The van der Waals surface area contributed by atoms with Gasteiger partial charge in [-0.15, -0.1) is 0 Å². The molecule has 2 aliphatic rings. The summed E-state index contributed by atoms with van der Waals surface area (Å²) in [6.45, 7) is 3.45. The molecule has 0 aliphatic carbocycles. The van der Waals surface area contributed by atoms with Gasteiger partial charge in [-0.1, -0.05) is 18.2 Å². The molecule has 142 valence electrons. The summed E-state index contributed by atoms with van der Waals surface area (Å²) < 4.78 is 15.2. The molecule has 28 heavy (non-hydrogen) atoms. The van der Waals surface area contributed by atoms with E-state index in [1.807, 2.05) is 35.0 Å². The zero-order chi connectivity index (χ0) is 19.1. The smallest absolute Gasteiger partial charge is 0.250 e. The first kappa shape index (κ1) is 17.3. The first-order valence-electron chi connectivity index (χ1n) is 9.78. The Labute approximate surface area is 163 Å². The zero-order valence-corrected chi connectivity index (χ0v) is 15.6.